The average molecular weight is 246 g/mol. The van der Waals surface area contributed by atoms with Gasteiger partial charge in [-0.3, -0.25) is 4.79 Å². The topological polar surface area (TPSA) is 35.5 Å². The lowest BCUT2D eigenvalue weighted by Gasteiger charge is -2.39. The van der Waals surface area contributed by atoms with Crippen LogP contribution in [0.25, 0.3) is 0 Å². The molecule has 18 heavy (non-hydrogen) atoms. The van der Waals surface area contributed by atoms with Gasteiger partial charge in [0.1, 0.15) is 5.75 Å². The first-order chi connectivity index (χ1) is 8.73. The van der Waals surface area contributed by atoms with Gasteiger partial charge in [0.15, 0.2) is 0 Å². The minimum absolute atomic E-state index is 0.0505. The predicted octanol–water partition coefficient (Wildman–Crippen LogP) is 2.51. The molecule has 1 aliphatic carbocycles. The number of ether oxygens (including phenoxy) is 2. The fraction of sp³-hybridized carbons (Fsp3) is 0.533. The largest absolute Gasteiger partial charge is 0.493 e. The van der Waals surface area contributed by atoms with Crippen molar-refractivity contribution in [3.63, 3.8) is 0 Å². The first-order valence-corrected chi connectivity index (χ1v) is 6.57. The van der Waals surface area contributed by atoms with Gasteiger partial charge in [0.2, 0.25) is 0 Å². The number of carbonyl (C=O) groups is 1. The van der Waals surface area contributed by atoms with Gasteiger partial charge in [-0.15, -0.1) is 0 Å². The molecule has 1 saturated carbocycles. The minimum atomic E-state index is -0.261. The normalized spacial score (nSPS) is 19.6. The fourth-order valence-electron chi connectivity index (χ4n) is 3.01. The van der Waals surface area contributed by atoms with Gasteiger partial charge in [-0.2, -0.15) is 0 Å². The Kier molecular flexibility index (Phi) is 2.77. The molecule has 1 aromatic rings. The van der Waals surface area contributed by atoms with E-state index >= 15 is 0 Å². The van der Waals surface area contributed by atoms with Gasteiger partial charge in [-0.05, 0) is 36.5 Å². The molecule has 0 bridgehead atoms. The third-order valence-electron chi connectivity index (χ3n) is 4.23. The van der Waals surface area contributed by atoms with Crippen LogP contribution in [-0.4, -0.2) is 19.7 Å². The van der Waals surface area contributed by atoms with E-state index in [-0.39, 0.29) is 11.4 Å². The second-order valence-electron chi connectivity index (χ2n) is 5.34. The molecule has 0 N–H and O–H groups in total. The Hall–Kier alpha value is -1.51. The lowest BCUT2D eigenvalue weighted by Crippen LogP contribution is -2.40. The number of rotatable bonds is 3. The molecular weight excluding hydrogens is 228 g/mol. The van der Waals surface area contributed by atoms with E-state index in [0.29, 0.717) is 0 Å². The summed E-state index contributed by atoms with van der Waals surface area (Å²) in [6.07, 6.45) is 4.81. The Morgan fingerprint density at radius 2 is 2.28 bits per heavy atom. The van der Waals surface area contributed by atoms with Gasteiger partial charge in [0, 0.05) is 6.42 Å². The first kappa shape index (κ1) is 11.6. The van der Waals surface area contributed by atoms with Crippen molar-refractivity contribution in [2.45, 2.75) is 32.1 Å². The summed E-state index contributed by atoms with van der Waals surface area (Å²) in [7, 11) is 1.49. The second kappa shape index (κ2) is 4.30. The highest BCUT2D eigenvalue weighted by Crippen LogP contribution is 2.45. The molecule has 1 aliphatic heterocycles. The molecular formula is C15H18O3. The summed E-state index contributed by atoms with van der Waals surface area (Å²) in [4.78, 5) is 11.9. The van der Waals surface area contributed by atoms with E-state index in [1.807, 2.05) is 6.07 Å². The summed E-state index contributed by atoms with van der Waals surface area (Å²) in [5.74, 6) is 0.949. The van der Waals surface area contributed by atoms with Crippen molar-refractivity contribution in [2.75, 3.05) is 13.7 Å². The smallest absolute Gasteiger partial charge is 0.312 e. The van der Waals surface area contributed by atoms with Crippen LogP contribution in [0.2, 0.25) is 0 Å². The van der Waals surface area contributed by atoms with Gasteiger partial charge < -0.3 is 9.47 Å². The van der Waals surface area contributed by atoms with Crippen molar-refractivity contribution < 1.29 is 14.3 Å². The number of methoxy groups -OCH3 is 1. The molecule has 0 saturated heterocycles. The van der Waals surface area contributed by atoms with Crippen LogP contribution in [0.15, 0.2) is 18.2 Å². The Balaban J connectivity index is 1.81. The Bertz CT molecular complexity index is 475. The van der Waals surface area contributed by atoms with Crippen LogP contribution in [0.3, 0.4) is 0 Å². The molecule has 0 unspecified atom stereocenters. The van der Waals surface area contributed by atoms with Crippen LogP contribution in [0.4, 0.5) is 0 Å². The van der Waals surface area contributed by atoms with Crippen molar-refractivity contribution in [2.24, 2.45) is 5.41 Å². The van der Waals surface area contributed by atoms with Crippen LogP contribution in [0.1, 0.15) is 30.4 Å². The van der Waals surface area contributed by atoms with Crippen LogP contribution >= 0.6 is 0 Å². The summed E-state index contributed by atoms with van der Waals surface area (Å²) in [6, 6.07) is 6.29. The Morgan fingerprint density at radius 1 is 1.44 bits per heavy atom. The van der Waals surface area contributed by atoms with E-state index in [2.05, 4.69) is 12.1 Å². The molecule has 3 rings (SSSR count). The van der Waals surface area contributed by atoms with Crippen molar-refractivity contribution >= 4 is 5.97 Å². The van der Waals surface area contributed by atoms with Gasteiger partial charge in [-0.25, -0.2) is 0 Å². The number of hydrogen-bond donors (Lipinski definition) is 0. The van der Waals surface area contributed by atoms with Crippen LogP contribution < -0.4 is 4.74 Å². The van der Waals surface area contributed by atoms with Gasteiger partial charge >= 0.3 is 5.97 Å². The van der Waals surface area contributed by atoms with Crippen LogP contribution in [0, 0.1) is 5.41 Å². The van der Waals surface area contributed by atoms with Crippen molar-refractivity contribution in [3.8, 4) is 5.75 Å². The van der Waals surface area contributed by atoms with E-state index in [9.17, 15) is 4.79 Å². The molecule has 0 spiro atoms. The molecule has 0 atom stereocenters. The molecule has 1 aromatic carbocycles. The molecule has 0 aromatic heterocycles. The monoisotopic (exact) mass is 246 g/mol. The van der Waals surface area contributed by atoms with E-state index in [4.69, 9.17) is 9.47 Å². The third kappa shape index (κ3) is 1.78. The molecule has 0 amide bonds. The first-order valence-electron chi connectivity index (χ1n) is 6.57. The Morgan fingerprint density at radius 3 is 2.94 bits per heavy atom. The number of fused-ring (bicyclic) bond motifs is 1. The third-order valence-corrected chi connectivity index (χ3v) is 4.23. The SMILES string of the molecule is COC(=O)C1(Cc2ccc3c(c2)CCO3)CCC1. The summed E-state index contributed by atoms with van der Waals surface area (Å²) in [6.45, 7) is 0.779. The molecule has 3 heteroatoms. The highest BCUT2D eigenvalue weighted by atomic mass is 16.5. The number of carbonyl (C=O) groups excluding carboxylic acids is 1. The molecule has 1 fully saturated rings. The number of esters is 1. The standard InChI is InChI=1S/C15H18O3/c1-17-14(16)15(6-2-7-15)10-11-3-4-13-12(9-11)5-8-18-13/h3-4,9H,2,5-8,10H2,1H3. The van der Waals surface area contributed by atoms with E-state index in [1.165, 1.54) is 18.2 Å². The minimum Gasteiger partial charge on any atom is -0.493 e. The fourth-order valence-corrected chi connectivity index (χ4v) is 3.01. The maximum atomic E-state index is 11.9. The summed E-state index contributed by atoms with van der Waals surface area (Å²) >= 11 is 0. The maximum Gasteiger partial charge on any atom is 0.312 e. The maximum absolute atomic E-state index is 11.9. The molecule has 96 valence electrons. The lowest BCUT2D eigenvalue weighted by atomic mass is 9.65. The predicted molar refractivity (Wildman–Crippen MR) is 67.6 cm³/mol. The highest BCUT2D eigenvalue weighted by molar-refractivity contribution is 5.78. The summed E-state index contributed by atoms with van der Waals surface area (Å²) < 4.78 is 10.5. The molecule has 0 radical (unpaired) electrons. The number of benzene rings is 1. The van der Waals surface area contributed by atoms with E-state index in [1.54, 1.807) is 0 Å². The average Bonchev–Trinajstić information content (AvgIpc) is 2.80. The number of hydrogen-bond acceptors (Lipinski definition) is 3. The molecule has 1 heterocycles. The van der Waals surface area contributed by atoms with E-state index < -0.39 is 0 Å². The van der Waals surface area contributed by atoms with Gasteiger partial charge in [0.25, 0.3) is 0 Å². The molecule has 2 aliphatic rings. The Labute approximate surface area is 107 Å². The second-order valence-corrected chi connectivity index (χ2v) is 5.34. The molecule has 3 nitrogen and oxygen atoms in total. The zero-order valence-electron chi connectivity index (χ0n) is 10.7. The van der Waals surface area contributed by atoms with Crippen LogP contribution in [0.5, 0.6) is 5.75 Å². The highest BCUT2D eigenvalue weighted by Gasteiger charge is 2.45. The summed E-state index contributed by atoms with van der Waals surface area (Å²) in [5.41, 5.74) is 2.24. The zero-order valence-corrected chi connectivity index (χ0v) is 10.7. The van der Waals surface area contributed by atoms with Gasteiger partial charge in [-0.1, -0.05) is 18.6 Å². The van der Waals surface area contributed by atoms with Crippen molar-refractivity contribution in [1.29, 1.82) is 0 Å². The zero-order chi connectivity index (χ0) is 12.6. The van der Waals surface area contributed by atoms with Gasteiger partial charge in [0.05, 0.1) is 19.1 Å². The summed E-state index contributed by atoms with van der Waals surface area (Å²) in [5, 5.41) is 0. The van der Waals surface area contributed by atoms with Crippen LogP contribution in [-0.2, 0) is 22.4 Å². The van der Waals surface area contributed by atoms with Crippen molar-refractivity contribution in [3.05, 3.63) is 29.3 Å². The quantitative estimate of drug-likeness (QED) is 0.769. The van der Waals surface area contributed by atoms with Crippen molar-refractivity contribution in [1.82, 2.24) is 0 Å². The van der Waals surface area contributed by atoms with E-state index in [0.717, 1.165) is 44.5 Å². The lowest BCUT2D eigenvalue weighted by molar-refractivity contribution is -0.158.